The third-order valence-electron chi connectivity index (χ3n) is 4.09. The number of para-hydroxylation sites is 1. The van der Waals surface area contributed by atoms with Gasteiger partial charge in [-0.05, 0) is 24.3 Å². The van der Waals surface area contributed by atoms with E-state index in [2.05, 4.69) is 4.98 Å². The highest BCUT2D eigenvalue weighted by atomic mass is 16.5. The first-order chi connectivity index (χ1) is 12.5. The summed E-state index contributed by atoms with van der Waals surface area (Å²) in [5, 5.41) is 9.90. The Morgan fingerprint density at radius 2 is 1.88 bits per heavy atom. The molecular formula is C21H19NO4. The third kappa shape index (κ3) is 4.25. The van der Waals surface area contributed by atoms with Crippen LogP contribution in [-0.2, 0) is 11.4 Å². The van der Waals surface area contributed by atoms with Gasteiger partial charge >= 0.3 is 5.97 Å². The molecular weight excluding hydrogens is 330 g/mol. The fourth-order valence-corrected chi connectivity index (χ4v) is 2.72. The van der Waals surface area contributed by atoms with Crippen molar-refractivity contribution in [1.29, 1.82) is 0 Å². The summed E-state index contributed by atoms with van der Waals surface area (Å²) in [5.74, 6) is -1.22. The molecule has 1 unspecified atom stereocenters. The van der Waals surface area contributed by atoms with Crippen LogP contribution in [0.15, 0.2) is 60.7 Å². The molecule has 1 heterocycles. The van der Waals surface area contributed by atoms with Crippen molar-refractivity contribution in [3.63, 3.8) is 0 Å². The molecule has 26 heavy (non-hydrogen) atoms. The minimum Gasteiger partial charge on any atom is -0.487 e. The Bertz CT molecular complexity index is 951. The van der Waals surface area contributed by atoms with Crippen molar-refractivity contribution in [3.8, 4) is 5.75 Å². The number of Topliss-reactive ketones (excluding diaryl/α,β-unsaturated/α-hetero) is 1. The second kappa shape index (κ2) is 7.78. The van der Waals surface area contributed by atoms with Crippen LogP contribution in [0.1, 0.15) is 29.4 Å². The number of ketones is 1. The topological polar surface area (TPSA) is 76.5 Å². The lowest BCUT2D eigenvalue weighted by Crippen LogP contribution is -2.15. The predicted octanol–water partition coefficient (Wildman–Crippen LogP) is 4.11. The van der Waals surface area contributed by atoms with Gasteiger partial charge in [0.15, 0.2) is 5.78 Å². The van der Waals surface area contributed by atoms with Gasteiger partial charge < -0.3 is 9.84 Å². The molecule has 0 aliphatic carbocycles. The number of carbonyl (C=O) groups is 2. The normalized spacial score (nSPS) is 11.9. The maximum atomic E-state index is 12.3. The van der Waals surface area contributed by atoms with E-state index in [0.29, 0.717) is 11.3 Å². The molecule has 0 fully saturated rings. The van der Waals surface area contributed by atoms with Crippen molar-refractivity contribution < 1.29 is 19.4 Å². The number of pyridine rings is 1. The summed E-state index contributed by atoms with van der Waals surface area (Å²) in [6.07, 6.45) is -0.190. The Balaban J connectivity index is 1.70. The summed E-state index contributed by atoms with van der Waals surface area (Å²) in [6, 6.07) is 18.6. The van der Waals surface area contributed by atoms with Crippen LogP contribution in [-0.4, -0.2) is 21.8 Å². The van der Waals surface area contributed by atoms with Gasteiger partial charge in [-0.15, -0.1) is 0 Å². The number of aromatic nitrogens is 1. The summed E-state index contributed by atoms with van der Waals surface area (Å²) >= 11 is 0. The van der Waals surface area contributed by atoms with Crippen LogP contribution in [0.25, 0.3) is 10.9 Å². The number of rotatable bonds is 7. The van der Waals surface area contributed by atoms with E-state index in [1.54, 1.807) is 31.2 Å². The predicted molar refractivity (Wildman–Crippen MR) is 98.3 cm³/mol. The van der Waals surface area contributed by atoms with Crippen LogP contribution in [0.3, 0.4) is 0 Å². The molecule has 5 heteroatoms. The summed E-state index contributed by atoms with van der Waals surface area (Å²) < 4.78 is 5.76. The molecule has 132 valence electrons. The average Bonchev–Trinajstić information content (AvgIpc) is 2.65. The first kappa shape index (κ1) is 17.6. The molecule has 3 aromatic rings. The van der Waals surface area contributed by atoms with Crippen molar-refractivity contribution in [3.05, 3.63) is 71.9 Å². The van der Waals surface area contributed by atoms with Gasteiger partial charge in [0.05, 0.1) is 17.6 Å². The number of hydrogen-bond acceptors (Lipinski definition) is 4. The highest BCUT2D eigenvalue weighted by Gasteiger charge is 2.18. The zero-order valence-corrected chi connectivity index (χ0v) is 14.4. The number of carboxylic acid groups (broad SMARTS) is 1. The number of hydrogen-bond donors (Lipinski definition) is 1. The van der Waals surface area contributed by atoms with Crippen LogP contribution in [0, 0.1) is 5.92 Å². The number of ether oxygens (including phenoxy) is 1. The van der Waals surface area contributed by atoms with E-state index in [1.165, 1.54) is 0 Å². The van der Waals surface area contributed by atoms with Gasteiger partial charge in [0.25, 0.3) is 0 Å². The summed E-state index contributed by atoms with van der Waals surface area (Å²) in [4.78, 5) is 27.7. The van der Waals surface area contributed by atoms with Gasteiger partial charge in [-0.3, -0.25) is 9.59 Å². The molecule has 0 bridgehead atoms. The molecule has 3 rings (SSSR count). The fraction of sp³-hybridized carbons (Fsp3) is 0.190. The highest BCUT2D eigenvalue weighted by molar-refractivity contribution is 5.99. The maximum absolute atomic E-state index is 12.3. The van der Waals surface area contributed by atoms with Gasteiger partial charge in [0, 0.05) is 16.9 Å². The molecule has 0 amide bonds. The van der Waals surface area contributed by atoms with E-state index < -0.39 is 11.9 Å². The maximum Gasteiger partial charge on any atom is 0.304 e. The fourth-order valence-electron chi connectivity index (χ4n) is 2.72. The molecule has 0 radical (unpaired) electrons. The highest BCUT2D eigenvalue weighted by Crippen LogP contribution is 2.19. The molecule has 0 aliphatic heterocycles. The number of nitrogens with zero attached hydrogens (tertiary/aromatic N) is 1. The second-order valence-electron chi connectivity index (χ2n) is 6.17. The Hall–Kier alpha value is -3.21. The SMILES string of the molecule is CC(CC(=O)O)C(=O)c1cccc(OCc2ccc3ccccc3n2)c1. The minimum absolute atomic E-state index is 0.190. The van der Waals surface area contributed by atoms with Crippen molar-refractivity contribution in [2.45, 2.75) is 20.0 Å². The number of carboxylic acids is 1. The quantitative estimate of drug-likeness (QED) is 0.650. The molecule has 2 aromatic carbocycles. The number of benzene rings is 2. The van der Waals surface area contributed by atoms with Crippen molar-refractivity contribution in [2.24, 2.45) is 5.92 Å². The Labute approximate surface area is 151 Å². The Morgan fingerprint density at radius 1 is 1.08 bits per heavy atom. The minimum atomic E-state index is -0.986. The number of aliphatic carboxylic acids is 1. The van der Waals surface area contributed by atoms with Gasteiger partial charge in [0.1, 0.15) is 12.4 Å². The van der Waals surface area contributed by atoms with Crippen LogP contribution in [0.4, 0.5) is 0 Å². The van der Waals surface area contributed by atoms with E-state index in [4.69, 9.17) is 9.84 Å². The lowest BCUT2D eigenvalue weighted by atomic mass is 9.96. The van der Waals surface area contributed by atoms with E-state index in [1.807, 2.05) is 36.4 Å². The summed E-state index contributed by atoms with van der Waals surface area (Å²) in [7, 11) is 0. The van der Waals surface area contributed by atoms with Gasteiger partial charge in [-0.2, -0.15) is 0 Å². The van der Waals surface area contributed by atoms with E-state index >= 15 is 0 Å². The zero-order valence-electron chi connectivity index (χ0n) is 14.4. The Kier molecular flexibility index (Phi) is 5.27. The standard InChI is InChI=1S/C21H19NO4/c1-14(11-20(23)24)21(25)16-6-4-7-18(12-16)26-13-17-10-9-15-5-2-3-8-19(15)22-17/h2-10,12,14H,11,13H2,1H3,(H,23,24). The van der Waals surface area contributed by atoms with Crippen molar-refractivity contribution in [1.82, 2.24) is 4.98 Å². The summed E-state index contributed by atoms with van der Waals surface area (Å²) in [6.45, 7) is 1.90. The van der Waals surface area contributed by atoms with Crippen molar-refractivity contribution >= 4 is 22.7 Å². The van der Waals surface area contributed by atoms with Crippen LogP contribution >= 0.6 is 0 Å². The monoisotopic (exact) mass is 349 g/mol. The smallest absolute Gasteiger partial charge is 0.304 e. The Morgan fingerprint density at radius 3 is 2.69 bits per heavy atom. The lowest BCUT2D eigenvalue weighted by Gasteiger charge is -2.10. The van der Waals surface area contributed by atoms with Gasteiger partial charge in [0.2, 0.25) is 0 Å². The molecule has 1 aromatic heterocycles. The molecule has 0 saturated heterocycles. The lowest BCUT2D eigenvalue weighted by molar-refractivity contribution is -0.137. The number of fused-ring (bicyclic) bond motifs is 1. The zero-order chi connectivity index (χ0) is 18.5. The van der Waals surface area contributed by atoms with Gasteiger partial charge in [-0.1, -0.05) is 43.3 Å². The first-order valence-electron chi connectivity index (χ1n) is 8.36. The van der Waals surface area contributed by atoms with Gasteiger partial charge in [-0.25, -0.2) is 4.98 Å². The van der Waals surface area contributed by atoms with Crippen LogP contribution < -0.4 is 4.74 Å². The average molecular weight is 349 g/mol. The number of carbonyl (C=O) groups excluding carboxylic acids is 1. The molecule has 0 spiro atoms. The third-order valence-corrected chi connectivity index (χ3v) is 4.09. The van der Waals surface area contributed by atoms with Crippen molar-refractivity contribution in [2.75, 3.05) is 0 Å². The molecule has 0 saturated carbocycles. The summed E-state index contributed by atoms with van der Waals surface area (Å²) in [5.41, 5.74) is 2.14. The van der Waals surface area contributed by atoms with E-state index in [9.17, 15) is 9.59 Å². The first-order valence-corrected chi connectivity index (χ1v) is 8.36. The van der Waals surface area contributed by atoms with E-state index in [-0.39, 0.29) is 18.8 Å². The molecule has 0 aliphatic rings. The molecule has 1 atom stereocenters. The second-order valence-corrected chi connectivity index (χ2v) is 6.17. The molecule has 1 N–H and O–H groups in total. The molecule has 5 nitrogen and oxygen atoms in total. The van der Waals surface area contributed by atoms with Crippen LogP contribution in [0.5, 0.6) is 5.75 Å². The van der Waals surface area contributed by atoms with E-state index in [0.717, 1.165) is 16.6 Å². The largest absolute Gasteiger partial charge is 0.487 e. The van der Waals surface area contributed by atoms with Crippen LogP contribution in [0.2, 0.25) is 0 Å².